The lowest BCUT2D eigenvalue weighted by molar-refractivity contribution is 0.591. The molecule has 2 aromatic rings. The maximum absolute atomic E-state index is 11.9. The van der Waals surface area contributed by atoms with Crippen molar-refractivity contribution in [2.24, 2.45) is 0 Å². The van der Waals surface area contributed by atoms with Crippen LogP contribution in [0, 0.1) is 0 Å². The Morgan fingerprint density at radius 3 is 2.50 bits per heavy atom. The third kappa shape index (κ3) is 2.14. The summed E-state index contributed by atoms with van der Waals surface area (Å²) in [5, 5.41) is 0.0674. The highest BCUT2D eigenvalue weighted by atomic mass is 127. The van der Waals surface area contributed by atoms with E-state index in [0.29, 0.717) is 11.5 Å². The Kier molecular flexibility index (Phi) is 3.18. The van der Waals surface area contributed by atoms with Crippen LogP contribution in [0.5, 0.6) is 0 Å². The van der Waals surface area contributed by atoms with Gasteiger partial charge in [0.25, 0.3) is 11.1 Å². The third-order valence-electron chi connectivity index (χ3n) is 2.65. The number of hydrogen-bond acceptors (Lipinski definition) is 4. The predicted octanol–water partition coefficient (Wildman–Crippen LogP) is 1.67. The van der Waals surface area contributed by atoms with Gasteiger partial charge in [-0.15, -0.1) is 0 Å². The van der Waals surface area contributed by atoms with Gasteiger partial charge in [-0.1, -0.05) is 20.8 Å². The fourth-order valence-corrected chi connectivity index (χ4v) is 2.03. The first-order valence-electron chi connectivity index (χ1n) is 5.37. The largest absolute Gasteiger partial charge is 0.328 e. The molecular formula is C11H13IN4O2. The quantitative estimate of drug-likeness (QED) is 0.533. The number of nitrogens with zero attached hydrogens (tertiary/aromatic N) is 1. The molecule has 2 heterocycles. The number of rotatable bonds is 1. The van der Waals surface area contributed by atoms with Crippen molar-refractivity contribution in [2.75, 3.05) is 3.53 Å². The monoisotopic (exact) mass is 360 g/mol. The van der Waals surface area contributed by atoms with Gasteiger partial charge in [0.05, 0.1) is 28.4 Å². The van der Waals surface area contributed by atoms with Gasteiger partial charge >= 0.3 is 0 Å². The fourth-order valence-electron chi connectivity index (χ4n) is 1.77. The Labute approximate surface area is 117 Å². The highest BCUT2D eigenvalue weighted by Crippen LogP contribution is 2.25. The molecule has 2 aromatic heterocycles. The lowest BCUT2D eigenvalue weighted by atomic mass is 9.87. The summed E-state index contributed by atoms with van der Waals surface area (Å²) in [6.45, 7) is 6.00. The van der Waals surface area contributed by atoms with E-state index in [0.717, 1.165) is 5.56 Å². The first kappa shape index (κ1) is 13.1. The molecule has 0 saturated carbocycles. The van der Waals surface area contributed by atoms with Crippen LogP contribution < -0.4 is 14.6 Å². The molecule has 18 heavy (non-hydrogen) atoms. The number of pyridine rings is 1. The van der Waals surface area contributed by atoms with Crippen LogP contribution in [0.15, 0.2) is 15.8 Å². The Balaban J connectivity index is 3.00. The molecule has 96 valence electrons. The first-order valence-corrected chi connectivity index (χ1v) is 6.45. The van der Waals surface area contributed by atoms with E-state index in [9.17, 15) is 9.59 Å². The normalized spacial score (nSPS) is 11.8. The van der Waals surface area contributed by atoms with E-state index < -0.39 is 11.1 Å². The molecule has 0 fully saturated rings. The van der Waals surface area contributed by atoms with Gasteiger partial charge in [0, 0.05) is 11.8 Å². The van der Waals surface area contributed by atoms with E-state index in [2.05, 4.69) is 18.5 Å². The molecule has 0 atom stereocenters. The SMILES string of the molecule is CC(C)(C)c1c[nH]c(=O)c2c(=O)[nH]c(NI)nc12. The van der Waals surface area contributed by atoms with Crippen molar-refractivity contribution in [3.8, 4) is 0 Å². The molecule has 0 aromatic carbocycles. The van der Waals surface area contributed by atoms with E-state index in [1.165, 1.54) is 0 Å². The minimum absolute atomic E-state index is 0.0674. The number of aromatic amines is 2. The maximum Gasteiger partial charge on any atom is 0.265 e. The molecule has 7 heteroatoms. The van der Waals surface area contributed by atoms with E-state index in [-0.39, 0.29) is 10.8 Å². The smallest absolute Gasteiger partial charge is 0.265 e. The average Bonchev–Trinajstić information content (AvgIpc) is 2.26. The van der Waals surface area contributed by atoms with Crippen molar-refractivity contribution < 1.29 is 0 Å². The van der Waals surface area contributed by atoms with Crippen LogP contribution in [0.1, 0.15) is 26.3 Å². The van der Waals surface area contributed by atoms with Crippen LogP contribution in [-0.2, 0) is 5.41 Å². The van der Waals surface area contributed by atoms with Crippen LogP contribution in [0.25, 0.3) is 10.9 Å². The van der Waals surface area contributed by atoms with Gasteiger partial charge in [-0.25, -0.2) is 4.98 Å². The number of halogens is 1. The number of H-pyrrole nitrogens is 2. The zero-order valence-corrected chi connectivity index (χ0v) is 12.4. The topological polar surface area (TPSA) is 90.6 Å². The lowest BCUT2D eigenvalue weighted by Gasteiger charge is -2.19. The average molecular weight is 360 g/mol. The van der Waals surface area contributed by atoms with Crippen molar-refractivity contribution in [2.45, 2.75) is 26.2 Å². The van der Waals surface area contributed by atoms with Crippen molar-refractivity contribution in [3.05, 3.63) is 32.5 Å². The van der Waals surface area contributed by atoms with E-state index >= 15 is 0 Å². The predicted molar refractivity (Wildman–Crippen MR) is 79.3 cm³/mol. The van der Waals surface area contributed by atoms with Gasteiger partial charge in [-0.2, -0.15) is 0 Å². The fraction of sp³-hybridized carbons (Fsp3) is 0.364. The van der Waals surface area contributed by atoms with Crippen LogP contribution >= 0.6 is 22.9 Å². The summed E-state index contributed by atoms with van der Waals surface area (Å²) in [4.78, 5) is 33.0. The molecular weight excluding hydrogens is 347 g/mol. The highest BCUT2D eigenvalue weighted by Gasteiger charge is 2.21. The molecule has 0 spiro atoms. The van der Waals surface area contributed by atoms with Crippen LogP contribution in [-0.4, -0.2) is 15.0 Å². The summed E-state index contributed by atoms with van der Waals surface area (Å²) in [7, 11) is 0. The van der Waals surface area contributed by atoms with E-state index in [4.69, 9.17) is 0 Å². The Morgan fingerprint density at radius 1 is 1.28 bits per heavy atom. The van der Waals surface area contributed by atoms with Crippen molar-refractivity contribution in [1.82, 2.24) is 15.0 Å². The van der Waals surface area contributed by atoms with E-state index in [1.807, 2.05) is 43.6 Å². The molecule has 0 amide bonds. The van der Waals surface area contributed by atoms with Crippen LogP contribution in [0.4, 0.5) is 5.95 Å². The van der Waals surface area contributed by atoms with Gasteiger partial charge in [-0.3, -0.25) is 18.1 Å². The zero-order chi connectivity index (χ0) is 13.5. The molecule has 2 rings (SSSR count). The standard InChI is InChI=1S/C11H13IN4O2/c1-11(2,3)5-4-13-8(17)6-7(5)14-10(16-12)15-9(6)18/h4H,1-3H3,(H,13,17)(H2,14,15,16,18). The first-order chi connectivity index (χ1) is 8.34. The van der Waals surface area contributed by atoms with Crippen LogP contribution in [0.3, 0.4) is 0 Å². The maximum atomic E-state index is 11.9. The minimum atomic E-state index is -0.438. The van der Waals surface area contributed by atoms with Crippen molar-refractivity contribution in [1.29, 1.82) is 0 Å². The van der Waals surface area contributed by atoms with Crippen molar-refractivity contribution >= 4 is 39.7 Å². The van der Waals surface area contributed by atoms with Gasteiger partial charge in [0.15, 0.2) is 0 Å². The number of hydrogen-bond donors (Lipinski definition) is 3. The summed E-state index contributed by atoms with van der Waals surface area (Å²) in [6, 6.07) is 0. The summed E-state index contributed by atoms with van der Waals surface area (Å²) in [6.07, 6.45) is 1.62. The molecule has 0 aliphatic heterocycles. The van der Waals surface area contributed by atoms with Gasteiger partial charge < -0.3 is 4.98 Å². The molecule has 0 aliphatic carbocycles. The van der Waals surface area contributed by atoms with E-state index in [1.54, 1.807) is 6.20 Å². The third-order valence-corrected chi connectivity index (χ3v) is 3.16. The van der Waals surface area contributed by atoms with Gasteiger partial charge in [-0.05, 0) is 5.41 Å². The Hall–Kier alpha value is -1.38. The lowest BCUT2D eigenvalue weighted by Crippen LogP contribution is -2.24. The number of nitrogens with one attached hydrogen (secondary N) is 3. The molecule has 6 nitrogen and oxygen atoms in total. The van der Waals surface area contributed by atoms with Crippen molar-refractivity contribution in [3.63, 3.8) is 0 Å². The summed E-state index contributed by atoms with van der Waals surface area (Å²) < 4.78 is 2.75. The van der Waals surface area contributed by atoms with Gasteiger partial charge in [0.2, 0.25) is 5.95 Å². The minimum Gasteiger partial charge on any atom is -0.328 e. The molecule has 3 N–H and O–H groups in total. The molecule has 0 aliphatic rings. The highest BCUT2D eigenvalue weighted by molar-refractivity contribution is 14.1. The molecule has 0 saturated heterocycles. The molecule has 0 unspecified atom stereocenters. The number of anilines is 1. The summed E-state index contributed by atoms with van der Waals surface area (Å²) in [5.74, 6) is 0.337. The Bertz CT molecular complexity index is 712. The second-order valence-corrected chi connectivity index (χ2v) is 5.55. The molecule has 0 bridgehead atoms. The number of fused-ring (bicyclic) bond motifs is 1. The zero-order valence-electron chi connectivity index (χ0n) is 10.2. The summed E-state index contributed by atoms with van der Waals surface area (Å²) in [5.41, 5.74) is 0.190. The van der Waals surface area contributed by atoms with Gasteiger partial charge in [0.1, 0.15) is 5.39 Å². The summed E-state index contributed by atoms with van der Waals surface area (Å²) >= 11 is 1.88. The number of aromatic nitrogens is 3. The Morgan fingerprint density at radius 2 is 1.94 bits per heavy atom. The second kappa shape index (κ2) is 4.38. The molecule has 0 radical (unpaired) electrons. The second-order valence-electron chi connectivity index (χ2n) is 5.01. The van der Waals surface area contributed by atoms with Crippen LogP contribution in [0.2, 0.25) is 0 Å².